The van der Waals surface area contributed by atoms with Crippen LogP contribution >= 0.6 is 35.0 Å². The molecule has 1 aromatic heterocycles. The van der Waals surface area contributed by atoms with Gasteiger partial charge in [0.1, 0.15) is 6.54 Å². The zero-order valence-corrected chi connectivity index (χ0v) is 15.2. The quantitative estimate of drug-likeness (QED) is 0.717. The number of hydrogen-bond acceptors (Lipinski definition) is 4. The number of imidazole rings is 1. The van der Waals surface area contributed by atoms with E-state index in [1.165, 1.54) is 11.8 Å². The minimum atomic E-state index is -0.156. The second-order valence-corrected chi connectivity index (χ2v) is 7.41. The van der Waals surface area contributed by atoms with Crippen LogP contribution in [0.25, 0.3) is 0 Å². The summed E-state index contributed by atoms with van der Waals surface area (Å²) in [6.07, 6.45) is 3.69. The highest BCUT2D eigenvalue weighted by Gasteiger charge is 2.24. The lowest BCUT2D eigenvalue weighted by Gasteiger charge is -2.11. The Labute approximate surface area is 154 Å². The third-order valence-corrected chi connectivity index (χ3v) is 5.46. The van der Waals surface area contributed by atoms with Gasteiger partial charge in [-0.15, -0.1) is 0 Å². The molecule has 0 aliphatic heterocycles. The maximum absolute atomic E-state index is 12.1. The molecule has 8 heteroatoms. The number of amides is 1. The molecular formula is C16H17Cl2N3O2S. The average Bonchev–Trinajstić information content (AvgIpc) is 3.28. The molecule has 2 N–H and O–H groups in total. The van der Waals surface area contributed by atoms with Gasteiger partial charge in [0.25, 0.3) is 0 Å². The van der Waals surface area contributed by atoms with Gasteiger partial charge in [-0.05, 0) is 30.5 Å². The lowest BCUT2D eigenvalue weighted by molar-refractivity contribution is -0.122. The highest BCUT2D eigenvalue weighted by molar-refractivity contribution is 7.98. The number of benzene rings is 1. The van der Waals surface area contributed by atoms with Gasteiger partial charge in [0.2, 0.25) is 5.91 Å². The number of rotatable bonds is 7. The number of aromatic nitrogens is 2. The van der Waals surface area contributed by atoms with Crippen molar-refractivity contribution in [2.45, 2.75) is 42.9 Å². The van der Waals surface area contributed by atoms with Crippen LogP contribution in [0.1, 0.15) is 24.1 Å². The molecule has 0 bridgehead atoms. The summed E-state index contributed by atoms with van der Waals surface area (Å²) in [4.78, 5) is 16.4. The van der Waals surface area contributed by atoms with Crippen LogP contribution in [0.5, 0.6) is 0 Å². The molecule has 1 aliphatic carbocycles. The molecule has 1 heterocycles. The molecule has 0 atom stereocenters. The van der Waals surface area contributed by atoms with Gasteiger partial charge < -0.3 is 15.0 Å². The van der Waals surface area contributed by atoms with E-state index >= 15 is 0 Å². The van der Waals surface area contributed by atoms with Crippen molar-refractivity contribution in [3.8, 4) is 0 Å². The highest BCUT2D eigenvalue weighted by Crippen LogP contribution is 2.28. The third kappa shape index (κ3) is 4.45. The predicted octanol–water partition coefficient (Wildman–Crippen LogP) is 3.25. The summed E-state index contributed by atoms with van der Waals surface area (Å²) in [7, 11) is 0. The fraction of sp³-hybridized carbons (Fsp3) is 0.375. The molecular weight excluding hydrogens is 369 g/mol. The zero-order chi connectivity index (χ0) is 17.1. The van der Waals surface area contributed by atoms with E-state index in [1.807, 2.05) is 12.1 Å². The van der Waals surface area contributed by atoms with Crippen LogP contribution in [0.3, 0.4) is 0 Å². The second kappa shape index (κ2) is 7.78. The number of halogens is 2. The molecule has 1 saturated carbocycles. The van der Waals surface area contributed by atoms with Crippen molar-refractivity contribution in [3.63, 3.8) is 0 Å². The van der Waals surface area contributed by atoms with Crippen molar-refractivity contribution in [1.29, 1.82) is 0 Å². The lowest BCUT2D eigenvalue weighted by atomic mass is 10.2. The molecule has 1 aliphatic rings. The van der Waals surface area contributed by atoms with Gasteiger partial charge in [-0.3, -0.25) is 4.79 Å². The first-order valence-electron chi connectivity index (χ1n) is 7.58. The van der Waals surface area contributed by atoms with Gasteiger partial charge in [0.15, 0.2) is 5.16 Å². The molecule has 1 fully saturated rings. The first kappa shape index (κ1) is 17.6. The van der Waals surface area contributed by atoms with E-state index in [4.69, 9.17) is 23.2 Å². The molecule has 0 spiro atoms. The van der Waals surface area contributed by atoms with Crippen LogP contribution in [0, 0.1) is 0 Å². The Balaban J connectivity index is 1.68. The Hall–Kier alpha value is -1.21. The summed E-state index contributed by atoms with van der Waals surface area (Å²) in [5.74, 6) is 0.588. The van der Waals surface area contributed by atoms with Crippen molar-refractivity contribution in [1.82, 2.24) is 14.9 Å². The van der Waals surface area contributed by atoms with E-state index in [0.29, 0.717) is 32.7 Å². The van der Waals surface area contributed by atoms with Crippen molar-refractivity contribution in [2.24, 2.45) is 0 Å². The predicted molar refractivity (Wildman–Crippen MR) is 95.3 cm³/mol. The number of aliphatic hydroxyl groups excluding tert-OH is 1. The number of hydrogen-bond donors (Lipinski definition) is 2. The summed E-state index contributed by atoms with van der Waals surface area (Å²) in [5.41, 5.74) is 1.63. The Morgan fingerprint density at radius 1 is 1.38 bits per heavy atom. The Morgan fingerprint density at radius 2 is 2.17 bits per heavy atom. The summed E-state index contributed by atoms with van der Waals surface area (Å²) in [5, 5.41) is 14.1. The number of nitrogens with one attached hydrogen (secondary N) is 1. The molecule has 5 nitrogen and oxygen atoms in total. The maximum atomic E-state index is 12.1. The minimum Gasteiger partial charge on any atom is -0.390 e. The van der Waals surface area contributed by atoms with Gasteiger partial charge in [0, 0.05) is 11.8 Å². The molecule has 0 radical (unpaired) electrons. The summed E-state index contributed by atoms with van der Waals surface area (Å²) in [6.45, 7) is 0.00709. The maximum Gasteiger partial charge on any atom is 0.240 e. The van der Waals surface area contributed by atoms with Gasteiger partial charge in [0.05, 0.1) is 28.5 Å². The van der Waals surface area contributed by atoms with Crippen LogP contribution in [-0.2, 0) is 23.7 Å². The Bertz CT molecular complexity index is 747. The van der Waals surface area contributed by atoms with E-state index in [-0.39, 0.29) is 19.1 Å². The normalized spacial score (nSPS) is 14.0. The Morgan fingerprint density at radius 3 is 2.83 bits per heavy atom. The number of carbonyl (C=O) groups excluding carboxylic acids is 1. The van der Waals surface area contributed by atoms with Crippen molar-refractivity contribution >= 4 is 40.9 Å². The SMILES string of the molecule is O=C(Cn1c(CO)cnc1SCc1ccc(Cl)c(Cl)c1)NC1CC1. The molecule has 24 heavy (non-hydrogen) atoms. The molecule has 1 aromatic carbocycles. The first-order chi connectivity index (χ1) is 11.6. The highest BCUT2D eigenvalue weighted by atomic mass is 35.5. The van der Waals surface area contributed by atoms with E-state index in [1.54, 1.807) is 16.8 Å². The topological polar surface area (TPSA) is 67.2 Å². The van der Waals surface area contributed by atoms with Crippen LogP contribution in [0.2, 0.25) is 10.0 Å². The molecule has 2 aromatic rings. The number of carbonyl (C=O) groups is 1. The van der Waals surface area contributed by atoms with Crippen molar-refractivity contribution in [2.75, 3.05) is 0 Å². The minimum absolute atomic E-state index is 0.0541. The number of nitrogens with zero attached hydrogens (tertiary/aromatic N) is 2. The molecule has 3 rings (SSSR count). The third-order valence-electron chi connectivity index (χ3n) is 3.66. The molecule has 0 saturated heterocycles. The summed E-state index contributed by atoms with van der Waals surface area (Å²) < 4.78 is 1.75. The summed E-state index contributed by atoms with van der Waals surface area (Å²) >= 11 is 13.4. The fourth-order valence-corrected chi connectivity index (χ4v) is 3.49. The Kier molecular flexibility index (Phi) is 5.71. The van der Waals surface area contributed by atoms with Crippen LogP contribution in [0.15, 0.2) is 29.6 Å². The first-order valence-corrected chi connectivity index (χ1v) is 9.32. The molecule has 0 unspecified atom stereocenters. The molecule has 128 valence electrons. The van der Waals surface area contributed by atoms with Gasteiger partial charge in [-0.1, -0.05) is 41.0 Å². The van der Waals surface area contributed by atoms with Gasteiger partial charge in [-0.2, -0.15) is 0 Å². The summed E-state index contributed by atoms with van der Waals surface area (Å²) in [6, 6.07) is 5.79. The lowest BCUT2D eigenvalue weighted by Crippen LogP contribution is -2.30. The van der Waals surface area contributed by atoms with E-state index in [9.17, 15) is 9.90 Å². The second-order valence-electron chi connectivity index (χ2n) is 5.66. The smallest absolute Gasteiger partial charge is 0.240 e. The van der Waals surface area contributed by atoms with Gasteiger partial charge >= 0.3 is 0 Å². The van der Waals surface area contributed by atoms with E-state index < -0.39 is 0 Å². The number of aliphatic hydroxyl groups is 1. The average molecular weight is 386 g/mol. The standard InChI is InChI=1S/C16H17Cl2N3O2S/c17-13-4-1-10(5-14(13)18)9-24-16-19-6-12(8-22)21(16)7-15(23)20-11-2-3-11/h1,4-6,11,22H,2-3,7-9H2,(H,20,23). The van der Waals surface area contributed by atoms with Crippen molar-refractivity contribution < 1.29 is 9.90 Å². The van der Waals surface area contributed by atoms with Crippen LogP contribution < -0.4 is 5.32 Å². The number of thioether (sulfide) groups is 1. The van der Waals surface area contributed by atoms with E-state index in [2.05, 4.69) is 10.3 Å². The largest absolute Gasteiger partial charge is 0.390 e. The monoisotopic (exact) mass is 385 g/mol. The van der Waals surface area contributed by atoms with Crippen LogP contribution in [-0.4, -0.2) is 26.6 Å². The van der Waals surface area contributed by atoms with Gasteiger partial charge in [-0.25, -0.2) is 4.98 Å². The zero-order valence-electron chi connectivity index (χ0n) is 12.8. The van der Waals surface area contributed by atoms with Crippen molar-refractivity contribution in [3.05, 3.63) is 45.7 Å². The van der Waals surface area contributed by atoms with Crippen LogP contribution in [0.4, 0.5) is 0 Å². The molecule has 1 amide bonds. The van der Waals surface area contributed by atoms with E-state index in [0.717, 1.165) is 18.4 Å². The fourth-order valence-electron chi connectivity index (χ4n) is 2.22.